The van der Waals surface area contributed by atoms with Gasteiger partial charge in [0.15, 0.2) is 0 Å². The number of para-hydroxylation sites is 1. The van der Waals surface area contributed by atoms with E-state index < -0.39 is 5.82 Å². The molecule has 0 aromatic heterocycles. The fourth-order valence-corrected chi connectivity index (χ4v) is 4.09. The van der Waals surface area contributed by atoms with E-state index in [0.717, 1.165) is 0 Å². The van der Waals surface area contributed by atoms with Gasteiger partial charge in [-0.15, -0.1) is 0 Å². The van der Waals surface area contributed by atoms with Gasteiger partial charge in [0, 0.05) is 32.6 Å². The van der Waals surface area contributed by atoms with Crippen molar-refractivity contribution >= 4 is 17.5 Å². The molecule has 3 rings (SSSR count). The first-order chi connectivity index (χ1) is 13.0. The second kappa shape index (κ2) is 9.31. The molecule has 1 saturated carbocycles. The summed E-state index contributed by atoms with van der Waals surface area (Å²) in [6, 6.07) is 5.82. The summed E-state index contributed by atoms with van der Waals surface area (Å²) in [6.07, 6.45) is 6.83. The molecule has 1 aromatic carbocycles. The largest absolute Gasteiger partial charge is 0.340 e. The van der Waals surface area contributed by atoms with Gasteiger partial charge in [-0.3, -0.25) is 14.5 Å². The Balaban J connectivity index is 1.45. The molecule has 1 N–H and O–H groups in total. The fourth-order valence-electron chi connectivity index (χ4n) is 4.09. The van der Waals surface area contributed by atoms with Crippen LogP contribution in [-0.2, 0) is 9.59 Å². The fraction of sp³-hybridized carbons (Fsp3) is 0.619. The van der Waals surface area contributed by atoms with Gasteiger partial charge in [-0.05, 0) is 37.8 Å². The third-order valence-electron chi connectivity index (χ3n) is 5.91. The monoisotopic (exact) mass is 375 g/mol. The number of amides is 2. The molecule has 27 heavy (non-hydrogen) atoms. The van der Waals surface area contributed by atoms with Gasteiger partial charge < -0.3 is 10.2 Å². The molecule has 2 fully saturated rings. The summed E-state index contributed by atoms with van der Waals surface area (Å²) in [5, 5.41) is 2.66. The van der Waals surface area contributed by atoms with Crippen LogP contribution in [0.1, 0.15) is 45.4 Å². The summed E-state index contributed by atoms with van der Waals surface area (Å²) >= 11 is 0. The Morgan fingerprint density at radius 2 is 1.78 bits per heavy atom. The quantitative estimate of drug-likeness (QED) is 0.859. The van der Waals surface area contributed by atoms with Gasteiger partial charge in [0.1, 0.15) is 5.82 Å². The van der Waals surface area contributed by atoms with E-state index >= 15 is 0 Å². The second-order valence-electron chi connectivity index (χ2n) is 7.77. The van der Waals surface area contributed by atoms with Crippen molar-refractivity contribution in [2.45, 2.75) is 51.5 Å². The molecule has 1 aliphatic heterocycles. The number of nitrogens with one attached hydrogen (secondary N) is 1. The maximum Gasteiger partial charge on any atom is 0.241 e. The molecular formula is C21H30FN3O2. The minimum Gasteiger partial charge on any atom is -0.340 e. The van der Waals surface area contributed by atoms with Gasteiger partial charge in [-0.2, -0.15) is 0 Å². The van der Waals surface area contributed by atoms with E-state index in [0.29, 0.717) is 38.5 Å². The Kier molecular flexibility index (Phi) is 6.83. The molecule has 0 bridgehead atoms. The molecular weight excluding hydrogens is 345 g/mol. The van der Waals surface area contributed by atoms with Crippen molar-refractivity contribution < 1.29 is 14.0 Å². The van der Waals surface area contributed by atoms with Gasteiger partial charge in [0.05, 0.1) is 11.7 Å². The SMILES string of the molecule is CC(C(=O)Nc1ccccc1F)N1CCN(C(=O)CC2CCCCC2)CC1. The van der Waals surface area contributed by atoms with Gasteiger partial charge in [-0.25, -0.2) is 4.39 Å². The Labute approximate surface area is 160 Å². The summed E-state index contributed by atoms with van der Waals surface area (Å²) < 4.78 is 13.7. The van der Waals surface area contributed by atoms with E-state index in [2.05, 4.69) is 10.2 Å². The van der Waals surface area contributed by atoms with E-state index in [9.17, 15) is 14.0 Å². The molecule has 1 aromatic rings. The first-order valence-corrected chi connectivity index (χ1v) is 10.1. The smallest absolute Gasteiger partial charge is 0.241 e. The Hall–Kier alpha value is -1.95. The number of rotatable bonds is 5. The average Bonchev–Trinajstić information content (AvgIpc) is 2.70. The van der Waals surface area contributed by atoms with Gasteiger partial charge in [0.2, 0.25) is 11.8 Å². The highest BCUT2D eigenvalue weighted by Crippen LogP contribution is 2.27. The van der Waals surface area contributed by atoms with E-state index in [-0.39, 0.29) is 23.5 Å². The number of benzene rings is 1. The van der Waals surface area contributed by atoms with Crippen LogP contribution >= 0.6 is 0 Å². The van der Waals surface area contributed by atoms with Crippen LogP contribution in [0.2, 0.25) is 0 Å². The van der Waals surface area contributed by atoms with Gasteiger partial charge >= 0.3 is 0 Å². The molecule has 5 nitrogen and oxygen atoms in total. The van der Waals surface area contributed by atoms with Crippen LogP contribution in [-0.4, -0.2) is 53.8 Å². The average molecular weight is 375 g/mol. The zero-order chi connectivity index (χ0) is 19.2. The second-order valence-corrected chi connectivity index (χ2v) is 7.77. The van der Waals surface area contributed by atoms with E-state index in [4.69, 9.17) is 0 Å². The molecule has 2 amide bonds. The van der Waals surface area contributed by atoms with Crippen molar-refractivity contribution in [3.05, 3.63) is 30.1 Å². The van der Waals surface area contributed by atoms with Crippen molar-refractivity contribution in [3.8, 4) is 0 Å². The molecule has 1 unspecified atom stereocenters. The van der Waals surface area contributed by atoms with Crippen molar-refractivity contribution in [1.29, 1.82) is 0 Å². The molecule has 148 valence electrons. The highest BCUT2D eigenvalue weighted by Gasteiger charge is 2.29. The molecule has 6 heteroatoms. The number of halogens is 1. The van der Waals surface area contributed by atoms with Crippen LogP contribution in [0.25, 0.3) is 0 Å². The Morgan fingerprint density at radius 1 is 1.11 bits per heavy atom. The Bertz CT molecular complexity index is 653. The maximum absolute atomic E-state index is 13.7. The Morgan fingerprint density at radius 3 is 2.44 bits per heavy atom. The normalized spacial score (nSPS) is 20.3. The highest BCUT2D eigenvalue weighted by atomic mass is 19.1. The highest BCUT2D eigenvalue weighted by molar-refractivity contribution is 5.94. The molecule has 1 atom stereocenters. The predicted octanol–water partition coefficient (Wildman–Crippen LogP) is 3.27. The standard InChI is InChI=1S/C21H30FN3O2/c1-16(21(27)23-19-10-6-5-9-18(19)22)24-11-13-25(14-12-24)20(26)15-17-7-3-2-4-8-17/h5-6,9-10,16-17H,2-4,7-8,11-15H2,1H3,(H,23,27). The summed E-state index contributed by atoms with van der Waals surface area (Å²) in [5.74, 6) is 0.151. The lowest BCUT2D eigenvalue weighted by Gasteiger charge is -2.38. The molecule has 0 radical (unpaired) electrons. The number of anilines is 1. The number of carbonyl (C=O) groups is 2. The first-order valence-electron chi connectivity index (χ1n) is 10.1. The minimum absolute atomic E-state index is 0.204. The predicted molar refractivity (Wildman–Crippen MR) is 104 cm³/mol. The molecule has 2 aliphatic rings. The van der Waals surface area contributed by atoms with Crippen LogP contribution in [0.15, 0.2) is 24.3 Å². The van der Waals surface area contributed by atoms with E-state index in [1.54, 1.807) is 18.2 Å². The number of carbonyl (C=O) groups excluding carboxylic acids is 2. The summed E-state index contributed by atoms with van der Waals surface area (Å²) in [5.41, 5.74) is 0.204. The van der Waals surface area contributed by atoms with Crippen molar-refractivity contribution in [2.75, 3.05) is 31.5 Å². The lowest BCUT2D eigenvalue weighted by Crippen LogP contribution is -2.54. The van der Waals surface area contributed by atoms with Crippen LogP contribution < -0.4 is 5.32 Å². The van der Waals surface area contributed by atoms with Crippen LogP contribution in [0.5, 0.6) is 0 Å². The number of hydrogen-bond donors (Lipinski definition) is 1. The van der Waals surface area contributed by atoms with E-state index in [1.165, 1.54) is 38.2 Å². The van der Waals surface area contributed by atoms with Gasteiger partial charge in [0.25, 0.3) is 0 Å². The van der Waals surface area contributed by atoms with Crippen molar-refractivity contribution in [2.24, 2.45) is 5.92 Å². The number of hydrogen-bond acceptors (Lipinski definition) is 3. The topological polar surface area (TPSA) is 52.7 Å². The van der Waals surface area contributed by atoms with Crippen LogP contribution in [0, 0.1) is 11.7 Å². The summed E-state index contributed by atoms with van der Waals surface area (Å²) in [4.78, 5) is 29.0. The van der Waals surface area contributed by atoms with Crippen molar-refractivity contribution in [3.63, 3.8) is 0 Å². The lowest BCUT2D eigenvalue weighted by atomic mass is 9.86. The van der Waals surface area contributed by atoms with Crippen LogP contribution in [0.4, 0.5) is 10.1 Å². The first kappa shape index (κ1) is 19.8. The van der Waals surface area contributed by atoms with Crippen LogP contribution in [0.3, 0.4) is 0 Å². The number of piperazine rings is 1. The maximum atomic E-state index is 13.7. The van der Waals surface area contributed by atoms with E-state index in [1.807, 2.05) is 11.8 Å². The molecule has 1 saturated heterocycles. The lowest BCUT2D eigenvalue weighted by molar-refractivity contribution is -0.135. The van der Waals surface area contributed by atoms with Gasteiger partial charge in [-0.1, -0.05) is 31.4 Å². The summed E-state index contributed by atoms with van der Waals surface area (Å²) in [7, 11) is 0. The zero-order valence-corrected chi connectivity index (χ0v) is 16.1. The minimum atomic E-state index is -0.434. The third kappa shape index (κ3) is 5.28. The number of nitrogens with zero attached hydrogens (tertiary/aromatic N) is 2. The zero-order valence-electron chi connectivity index (χ0n) is 16.1. The molecule has 1 heterocycles. The third-order valence-corrected chi connectivity index (χ3v) is 5.91. The van der Waals surface area contributed by atoms with Crippen molar-refractivity contribution in [1.82, 2.24) is 9.80 Å². The molecule has 0 spiro atoms. The summed E-state index contributed by atoms with van der Waals surface area (Å²) in [6.45, 7) is 4.48. The molecule has 1 aliphatic carbocycles.